The molecule has 0 aliphatic carbocycles. The number of thiocarbonyl (C=S) groups is 8. The maximum atomic E-state index is 9.56. The van der Waals surface area contributed by atoms with Crippen molar-refractivity contribution in [3.63, 3.8) is 0 Å². The molecule has 0 unspecified atom stereocenters. The summed E-state index contributed by atoms with van der Waals surface area (Å²) in [5, 5.41) is 67.7. The molecule has 0 spiro atoms. The van der Waals surface area contributed by atoms with Gasteiger partial charge in [-0.1, -0.05) is 97.7 Å². The van der Waals surface area contributed by atoms with E-state index >= 15 is 0 Å². The van der Waals surface area contributed by atoms with Gasteiger partial charge in [0.15, 0.2) is 0 Å². The van der Waals surface area contributed by atoms with Gasteiger partial charge in [0.25, 0.3) is 0 Å². The normalized spacial score (nSPS) is 5.52. The van der Waals surface area contributed by atoms with E-state index in [0.717, 1.165) is 0 Å². The summed E-state index contributed by atoms with van der Waals surface area (Å²) in [5.41, 5.74) is 0. The first-order valence-corrected chi connectivity index (χ1v) is 36.2. The summed E-state index contributed by atoms with van der Waals surface area (Å²) < 4.78 is 95.6. The predicted molar refractivity (Wildman–Crippen MR) is 365 cm³/mol. The van der Waals surface area contributed by atoms with Crippen LogP contribution in [-0.2, 0) is 170 Å². The van der Waals surface area contributed by atoms with Crippen molar-refractivity contribution >= 4 is 247 Å². The fraction of sp³-hybridized carbons (Fsp3) is 0.714. The molecule has 75 heavy (non-hydrogen) atoms. The van der Waals surface area contributed by atoms with Crippen LogP contribution in [0, 0.1) is 0 Å². The molecular weight excluding hydrogens is 1470 g/mol. The average Bonchev–Trinajstić information content (AvgIpc) is 2.97. The van der Waals surface area contributed by atoms with E-state index in [9.17, 15) is 42.1 Å². The van der Waals surface area contributed by atoms with Crippen LogP contribution >= 0.6 is 97.7 Å². The SMILES string of the molecule is CS(C)=O.CS(C)=O.CS(C)=O.CS(C)=O.CS(C)=O.CS(C)=O.CS(C)=O.CS(C)=O.CS(C)=O.CS(C)=O.N.N.N.N.O.O.[Co+3].[Cr+4].[Cr+5].[N-]=C=S.[N-]=C=S.[N-]=C=S.[N-]=C=S.[N-]=C=S.[N-]=C=S.[N-]=C=S.[N-]=C=S.[OH3+].[OH3+]. The molecule has 0 aromatic rings. The summed E-state index contributed by atoms with van der Waals surface area (Å²) in [5.74, 6) is 0. The molecule has 0 heterocycles. The van der Waals surface area contributed by atoms with Gasteiger partial charge in [0.2, 0.25) is 0 Å². The molecule has 0 bridgehead atoms. The Kier molecular flexibility index (Phi) is 695. The van der Waals surface area contributed by atoms with Crippen LogP contribution in [0.15, 0.2) is 0 Å². The molecule has 0 rings (SSSR count). The molecule has 26 nitrogen and oxygen atoms in total. The third kappa shape index (κ3) is 303000. The van der Waals surface area contributed by atoms with Crippen LogP contribution in [0.25, 0.3) is 43.3 Å². The molecule has 0 aromatic carbocycles. The number of hydrogen-bond donors (Lipinski definition) is 4. The zero-order valence-electron chi connectivity index (χ0n) is 45.1. The Morgan fingerprint density at radius 3 is 0.240 bits per heavy atom. The van der Waals surface area contributed by atoms with Gasteiger partial charge in [0.05, 0.1) is 0 Å². The molecule has 0 saturated carbocycles. The first kappa shape index (κ1) is 193. The summed E-state index contributed by atoms with van der Waals surface area (Å²) in [6.07, 6.45) is 32.8. The van der Waals surface area contributed by atoms with Crippen molar-refractivity contribution in [3.8, 4) is 0 Å². The molecular formula is C28H82CoCr2N12O14S18+6. The Bertz CT molecular complexity index is 1110. The smallest absolute Gasteiger partial charge is 0.753 e. The average molecular weight is 1550 g/mol. The van der Waals surface area contributed by atoms with Crippen LogP contribution in [0.5, 0.6) is 0 Å². The van der Waals surface area contributed by atoms with Crippen molar-refractivity contribution in [2.24, 2.45) is 0 Å². The van der Waals surface area contributed by atoms with E-state index in [2.05, 4.69) is 97.7 Å². The summed E-state index contributed by atoms with van der Waals surface area (Å²) in [7, 11) is -6.11. The van der Waals surface area contributed by atoms with Gasteiger partial charge in [-0.3, -0.25) is 42.1 Å². The standard InChI is InChI=1S/10C2H6OS.8CNS.Co.2Cr.4H3N.4H2O/c10*1-4(2)3;8*2-1-3;;;;;;;;;;;/h10*1-2H3;;;;;;;;;;;;4*1H3;4*1H2/q;;;;;;;;;;8*-1;+3;+4;+5;;;;;;;;/p+2. The zero-order valence-corrected chi connectivity index (χ0v) is 63.4. The number of nitrogens with zero attached hydrogens (tertiary/aromatic N) is 8. The van der Waals surface area contributed by atoms with Crippen molar-refractivity contribution < 1.29 is 115 Å². The monoisotopic (exact) mass is 1550 g/mol. The fourth-order valence-corrected chi connectivity index (χ4v) is 0. The zero-order chi connectivity index (χ0) is 57.4. The molecule has 0 amide bonds. The van der Waals surface area contributed by atoms with Gasteiger partial charge in [-0.15, -0.1) is 0 Å². The van der Waals surface area contributed by atoms with Gasteiger partial charge < -0.3 is 89.8 Å². The van der Waals surface area contributed by atoms with Crippen LogP contribution in [-0.4, -0.2) is 219 Å². The molecule has 0 aromatic heterocycles. The van der Waals surface area contributed by atoms with Gasteiger partial charge in [0, 0.05) is 233 Å². The number of hydrogen-bond acceptors (Lipinski definition) is 22. The Balaban J connectivity index is -0.0000000110. The topological polar surface area (TPSA) is 618 Å². The van der Waals surface area contributed by atoms with E-state index in [-0.39, 0.29) is 98.0 Å². The maximum Gasteiger partial charge on any atom is 5.00 e. The summed E-state index contributed by atoms with van der Waals surface area (Å²) in [6, 6.07) is 0. The van der Waals surface area contributed by atoms with Crippen LogP contribution in [0.1, 0.15) is 0 Å². The van der Waals surface area contributed by atoms with Gasteiger partial charge in [-0.05, 0) is 0 Å². The summed E-state index contributed by atoms with van der Waals surface area (Å²) in [6.45, 7) is 0. The van der Waals surface area contributed by atoms with Crippen LogP contribution in [0.4, 0.5) is 0 Å². The fourth-order valence-electron chi connectivity index (χ4n) is 0. The van der Waals surface area contributed by atoms with E-state index in [0.29, 0.717) is 0 Å². The van der Waals surface area contributed by atoms with Crippen LogP contribution in [0.3, 0.4) is 0 Å². The second-order valence-corrected chi connectivity index (χ2v) is 24.4. The van der Waals surface area contributed by atoms with E-state index < -0.39 is 108 Å². The Morgan fingerprint density at radius 1 is 0.240 bits per heavy atom. The molecule has 0 aliphatic heterocycles. The van der Waals surface area contributed by atoms with Crippen LogP contribution < -0.4 is 24.6 Å². The van der Waals surface area contributed by atoms with E-state index in [1.165, 1.54) is 41.3 Å². The van der Waals surface area contributed by atoms with E-state index in [1.54, 1.807) is 125 Å². The van der Waals surface area contributed by atoms with Crippen molar-refractivity contribution in [2.75, 3.05) is 125 Å². The second-order valence-electron chi connectivity index (χ2n) is 8.15. The quantitative estimate of drug-likeness (QED) is 0.154. The van der Waals surface area contributed by atoms with Crippen molar-refractivity contribution in [2.45, 2.75) is 0 Å². The van der Waals surface area contributed by atoms with Gasteiger partial charge >= 0.3 is 51.5 Å². The molecule has 47 heteroatoms. The predicted octanol–water partition coefficient (Wildman–Crippen LogP) is 2.36. The molecule has 1 radical (unpaired) electrons. The Hall–Kier alpha value is 1.15. The first-order chi connectivity index (χ1) is 28.6. The molecule has 22 N–H and O–H groups in total. The van der Waals surface area contributed by atoms with E-state index in [1.807, 2.05) is 0 Å². The number of isothiocyanates is 8. The minimum atomic E-state index is -0.611. The molecule has 0 aliphatic rings. The maximum absolute atomic E-state index is 9.56. The van der Waals surface area contributed by atoms with Crippen LogP contribution in [0.2, 0.25) is 0 Å². The van der Waals surface area contributed by atoms with Crippen molar-refractivity contribution in [1.82, 2.24) is 24.6 Å². The largest absolute Gasteiger partial charge is 5.00 e. The first-order valence-electron chi connectivity index (χ1n) is 13.3. The third-order valence-electron chi connectivity index (χ3n) is 0. The molecule has 461 valence electrons. The third-order valence-corrected chi connectivity index (χ3v) is 0. The van der Waals surface area contributed by atoms with Crippen molar-refractivity contribution in [1.29, 1.82) is 0 Å². The van der Waals surface area contributed by atoms with Gasteiger partial charge in [-0.2, -0.15) is 41.3 Å². The van der Waals surface area contributed by atoms with Crippen molar-refractivity contribution in [3.05, 3.63) is 43.3 Å². The number of rotatable bonds is 0. The molecule has 0 atom stereocenters. The summed E-state index contributed by atoms with van der Waals surface area (Å²) in [4.78, 5) is 0. The van der Waals surface area contributed by atoms with Gasteiger partial charge in [-0.25, -0.2) is 0 Å². The molecule has 0 saturated heterocycles. The Labute approximate surface area is 548 Å². The van der Waals surface area contributed by atoms with Gasteiger partial charge in [0.1, 0.15) is 0 Å². The second kappa shape index (κ2) is 270. The summed E-state index contributed by atoms with van der Waals surface area (Å²) >= 11 is 29.6. The Morgan fingerprint density at radius 2 is 0.240 bits per heavy atom. The van der Waals surface area contributed by atoms with E-state index in [4.69, 9.17) is 43.3 Å². The molecule has 0 fully saturated rings. The minimum Gasteiger partial charge on any atom is -0.753 e. The minimum absolute atomic E-state index is 0.